The zero-order chi connectivity index (χ0) is 7.98. The largest absolute Gasteiger partial charge is 0.481 e. The number of carboxylic acid groups (broad SMARTS) is 1. The van der Waals surface area contributed by atoms with E-state index in [2.05, 4.69) is 0 Å². The standard InChI is InChI=1S/C7H14O3/c1-6(4-5-8)2-3-7(9)10/h6,8H,2-5H2,1H3,(H,9,10)/t6-/m0/s1. The first-order valence-electron chi connectivity index (χ1n) is 3.49. The SMILES string of the molecule is C[C@H](CCO)CCC(=O)O. The summed E-state index contributed by atoms with van der Waals surface area (Å²) in [5, 5.41) is 16.7. The second kappa shape index (κ2) is 5.23. The Hall–Kier alpha value is -0.570. The second-order valence-electron chi connectivity index (χ2n) is 2.55. The lowest BCUT2D eigenvalue weighted by molar-refractivity contribution is -0.137. The normalized spacial score (nSPS) is 13.0. The fourth-order valence-electron chi connectivity index (χ4n) is 0.735. The van der Waals surface area contributed by atoms with Crippen LogP contribution in [0.1, 0.15) is 26.2 Å². The zero-order valence-electron chi connectivity index (χ0n) is 6.21. The molecule has 60 valence electrons. The average molecular weight is 146 g/mol. The number of aliphatic hydroxyl groups excluding tert-OH is 1. The van der Waals surface area contributed by atoms with Crippen LogP contribution < -0.4 is 0 Å². The Morgan fingerprint density at radius 3 is 2.50 bits per heavy atom. The van der Waals surface area contributed by atoms with E-state index in [1.54, 1.807) is 0 Å². The maximum atomic E-state index is 10.0. The number of hydrogen-bond acceptors (Lipinski definition) is 2. The molecule has 3 nitrogen and oxygen atoms in total. The predicted molar refractivity (Wildman–Crippen MR) is 37.7 cm³/mol. The maximum Gasteiger partial charge on any atom is 0.303 e. The van der Waals surface area contributed by atoms with E-state index < -0.39 is 5.97 Å². The molecule has 0 aliphatic rings. The second-order valence-corrected chi connectivity index (χ2v) is 2.55. The van der Waals surface area contributed by atoms with E-state index in [-0.39, 0.29) is 13.0 Å². The molecule has 0 unspecified atom stereocenters. The quantitative estimate of drug-likeness (QED) is 0.605. The molecule has 0 aliphatic heterocycles. The molecule has 0 heterocycles. The van der Waals surface area contributed by atoms with E-state index in [4.69, 9.17) is 10.2 Å². The molecule has 0 amide bonds. The van der Waals surface area contributed by atoms with Crippen molar-refractivity contribution in [3.8, 4) is 0 Å². The van der Waals surface area contributed by atoms with Gasteiger partial charge < -0.3 is 10.2 Å². The number of hydrogen-bond donors (Lipinski definition) is 2. The highest BCUT2D eigenvalue weighted by Gasteiger charge is 2.03. The fourth-order valence-corrected chi connectivity index (χ4v) is 0.735. The van der Waals surface area contributed by atoms with Crippen molar-refractivity contribution >= 4 is 5.97 Å². The van der Waals surface area contributed by atoms with Gasteiger partial charge >= 0.3 is 5.97 Å². The molecule has 0 aromatic carbocycles. The summed E-state index contributed by atoms with van der Waals surface area (Å²) in [4.78, 5) is 10.0. The van der Waals surface area contributed by atoms with Crippen molar-refractivity contribution in [3.63, 3.8) is 0 Å². The molecule has 1 atom stereocenters. The van der Waals surface area contributed by atoms with E-state index in [0.29, 0.717) is 18.8 Å². The van der Waals surface area contributed by atoms with E-state index in [0.717, 1.165) is 0 Å². The Morgan fingerprint density at radius 2 is 2.10 bits per heavy atom. The van der Waals surface area contributed by atoms with Crippen molar-refractivity contribution in [1.82, 2.24) is 0 Å². The van der Waals surface area contributed by atoms with Gasteiger partial charge in [-0.3, -0.25) is 4.79 Å². The van der Waals surface area contributed by atoms with E-state index in [1.807, 2.05) is 6.92 Å². The maximum absolute atomic E-state index is 10.0. The number of rotatable bonds is 5. The van der Waals surface area contributed by atoms with Crippen LogP contribution in [0.25, 0.3) is 0 Å². The van der Waals surface area contributed by atoms with Gasteiger partial charge in [-0.25, -0.2) is 0 Å². The lowest BCUT2D eigenvalue weighted by Gasteiger charge is -2.05. The minimum absolute atomic E-state index is 0.154. The Bertz CT molecular complexity index is 101. The van der Waals surface area contributed by atoms with Crippen LogP contribution in [0.2, 0.25) is 0 Å². The summed E-state index contributed by atoms with van der Waals surface area (Å²) in [5.41, 5.74) is 0. The smallest absolute Gasteiger partial charge is 0.303 e. The molecule has 10 heavy (non-hydrogen) atoms. The summed E-state index contributed by atoms with van der Waals surface area (Å²) < 4.78 is 0. The number of aliphatic carboxylic acids is 1. The molecule has 0 saturated carbocycles. The molecule has 0 fully saturated rings. The summed E-state index contributed by atoms with van der Waals surface area (Å²) in [6, 6.07) is 0. The van der Waals surface area contributed by atoms with Crippen LogP contribution in [0.3, 0.4) is 0 Å². The third kappa shape index (κ3) is 5.56. The van der Waals surface area contributed by atoms with Crippen LogP contribution in [0.4, 0.5) is 0 Å². The van der Waals surface area contributed by atoms with Crippen LogP contribution in [0, 0.1) is 5.92 Å². The minimum atomic E-state index is -0.759. The first-order chi connectivity index (χ1) is 4.66. The fraction of sp³-hybridized carbons (Fsp3) is 0.857. The predicted octanol–water partition coefficient (Wildman–Crippen LogP) is 0.870. The lowest BCUT2D eigenvalue weighted by Crippen LogP contribution is -2.02. The highest BCUT2D eigenvalue weighted by Crippen LogP contribution is 2.08. The Labute approximate surface area is 60.7 Å². The van der Waals surface area contributed by atoms with Crippen LogP contribution in [0.5, 0.6) is 0 Å². The topological polar surface area (TPSA) is 57.5 Å². The molecule has 2 N–H and O–H groups in total. The molecular weight excluding hydrogens is 132 g/mol. The number of aliphatic hydroxyl groups is 1. The van der Waals surface area contributed by atoms with E-state index in [1.165, 1.54) is 0 Å². The van der Waals surface area contributed by atoms with E-state index in [9.17, 15) is 4.79 Å². The van der Waals surface area contributed by atoms with Crippen LogP contribution in [0.15, 0.2) is 0 Å². The van der Waals surface area contributed by atoms with Gasteiger partial charge in [-0.1, -0.05) is 6.92 Å². The van der Waals surface area contributed by atoms with Gasteiger partial charge in [-0.15, -0.1) is 0 Å². The molecule has 0 radical (unpaired) electrons. The van der Waals surface area contributed by atoms with Gasteiger partial charge in [-0.05, 0) is 18.8 Å². The molecule has 0 bridgehead atoms. The van der Waals surface area contributed by atoms with Crippen molar-refractivity contribution in [2.75, 3.05) is 6.61 Å². The van der Waals surface area contributed by atoms with Gasteiger partial charge in [0.1, 0.15) is 0 Å². The zero-order valence-corrected chi connectivity index (χ0v) is 6.21. The number of carbonyl (C=O) groups is 1. The van der Waals surface area contributed by atoms with Crippen molar-refractivity contribution in [2.24, 2.45) is 5.92 Å². The summed E-state index contributed by atoms with van der Waals surface area (Å²) in [7, 11) is 0. The first-order valence-corrected chi connectivity index (χ1v) is 3.49. The van der Waals surface area contributed by atoms with Crippen molar-refractivity contribution in [1.29, 1.82) is 0 Å². The average Bonchev–Trinajstić information content (AvgIpc) is 1.85. The van der Waals surface area contributed by atoms with Gasteiger partial charge in [-0.2, -0.15) is 0 Å². The molecule has 0 aliphatic carbocycles. The third-order valence-corrected chi connectivity index (χ3v) is 1.47. The molecule has 3 heteroatoms. The van der Waals surface area contributed by atoms with Crippen molar-refractivity contribution < 1.29 is 15.0 Å². The molecule has 0 saturated heterocycles. The molecule has 0 spiro atoms. The third-order valence-electron chi connectivity index (χ3n) is 1.47. The Kier molecular flexibility index (Phi) is 4.94. The molecule has 0 rings (SSSR count). The van der Waals surface area contributed by atoms with Gasteiger partial charge in [0.05, 0.1) is 0 Å². The van der Waals surface area contributed by atoms with Gasteiger partial charge in [0.2, 0.25) is 0 Å². The van der Waals surface area contributed by atoms with E-state index >= 15 is 0 Å². The van der Waals surface area contributed by atoms with Crippen LogP contribution in [-0.4, -0.2) is 22.8 Å². The molecule has 0 aromatic rings. The monoisotopic (exact) mass is 146 g/mol. The molecule has 0 aromatic heterocycles. The summed E-state index contributed by atoms with van der Waals surface area (Å²) >= 11 is 0. The summed E-state index contributed by atoms with van der Waals surface area (Å²) in [5.74, 6) is -0.439. The van der Waals surface area contributed by atoms with Gasteiger partial charge in [0.25, 0.3) is 0 Å². The Morgan fingerprint density at radius 1 is 1.50 bits per heavy atom. The van der Waals surface area contributed by atoms with Gasteiger partial charge in [0.15, 0.2) is 0 Å². The highest BCUT2D eigenvalue weighted by atomic mass is 16.4. The Balaban J connectivity index is 3.21. The minimum Gasteiger partial charge on any atom is -0.481 e. The van der Waals surface area contributed by atoms with Crippen molar-refractivity contribution in [2.45, 2.75) is 26.2 Å². The summed E-state index contributed by atoms with van der Waals surface area (Å²) in [6.45, 7) is 2.10. The number of carboxylic acids is 1. The van der Waals surface area contributed by atoms with Crippen LogP contribution in [-0.2, 0) is 4.79 Å². The highest BCUT2D eigenvalue weighted by molar-refractivity contribution is 5.66. The van der Waals surface area contributed by atoms with Gasteiger partial charge in [0, 0.05) is 13.0 Å². The first kappa shape index (κ1) is 9.43. The lowest BCUT2D eigenvalue weighted by atomic mass is 10.0. The van der Waals surface area contributed by atoms with Crippen molar-refractivity contribution in [3.05, 3.63) is 0 Å². The molecular formula is C7H14O3. The summed E-state index contributed by atoms with van der Waals surface area (Å²) in [6.07, 6.45) is 1.57. The van der Waals surface area contributed by atoms with Crippen LogP contribution >= 0.6 is 0 Å².